The molecule has 78 valence electrons. The molecule has 0 amide bonds. The van der Waals surface area contributed by atoms with Crippen molar-refractivity contribution in [2.45, 2.75) is 13.0 Å². The second kappa shape index (κ2) is 6.45. The fourth-order valence-electron chi connectivity index (χ4n) is 1.26. The van der Waals surface area contributed by atoms with Crippen molar-refractivity contribution in [3.05, 3.63) is 24.3 Å². The molecule has 0 aromatic carbocycles. The molecule has 0 unspecified atom stereocenters. The van der Waals surface area contributed by atoms with E-state index in [1.54, 1.807) is 12.4 Å². The molecule has 1 rings (SSSR count). The van der Waals surface area contributed by atoms with E-state index in [2.05, 4.69) is 27.2 Å². The van der Waals surface area contributed by atoms with Crippen LogP contribution in [0.1, 0.15) is 12.2 Å². The summed E-state index contributed by atoms with van der Waals surface area (Å²) in [6, 6.07) is 1.84. The molecule has 1 heterocycles. The Balaban J connectivity index is 2.23. The Hall–Kier alpha value is -1.00. The minimum absolute atomic E-state index is 0.824. The average molecular weight is 194 g/mol. The minimum atomic E-state index is 0.824. The molecule has 14 heavy (non-hydrogen) atoms. The number of hydrogen-bond donors (Lipinski definition) is 1. The maximum atomic E-state index is 4.18. The lowest BCUT2D eigenvalue weighted by Gasteiger charge is -2.14. The highest BCUT2D eigenvalue weighted by Crippen LogP contribution is 1.95. The molecular weight excluding hydrogens is 176 g/mol. The van der Waals surface area contributed by atoms with Crippen LogP contribution in [0.2, 0.25) is 0 Å². The van der Waals surface area contributed by atoms with Crippen LogP contribution in [0.15, 0.2) is 18.5 Å². The molecular formula is C10H18N4. The van der Waals surface area contributed by atoms with Gasteiger partial charge in [-0.1, -0.05) is 0 Å². The van der Waals surface area contributed by atoms with E-state index < -0.39 is 0 Å². The number of hydrogen-bond acceptors (Lipinski definition) is 4. The molecule has 1 N–H and O–H groups in total. The predicted molar refractivity (Wildman–Crippen MR) is 56.9 cm³/mol. The molecule has 4 nitrogen and oxygen atoms in total. The normalized spacial score (nSPS) is 10.8. The molecule has 0 fully saturated rings. The summed E-state index contributed by atoms with van der Waals surface area (Å²) < 4.78 is 0. The number of rotatable bonds is 6. The first-order valence-corrected chi connectivity index (χ1v) is 4.92. The summed E-state index contributed by atoms with van der Waals surface area (Å²) >= 11 is 0. The van der Waals surface area contributed by atoms with Crippen LogP contribution in [-0.2, 0) is 6.54 Å². The van der Waals surface area contributed by atoms with Crippen molar-refractivity contribution in [3.8, 4) is 0 Å². The largest absolute Gasteiger partial charge is 0.320 e. The SMILES string of the molecule is CNCCCN(C)Cc1ncccn1. The Bertz CT molecular complexity index is 237. The van der Waals surface area contributed by atoms with Crippen LogP contribution in [0, 0.1) is 0 Å². The van der Waals surface area contributed by atoms with Crippen LogP contribution < -0.4 is 5.32 Å². The Labute approximate surface area is 85.4 Å². The first kappa shape index (κ1) is 11.1. The van der Waals surface area contributed by atoms with Crippen LogP contribution >= 0.6 is 0 Å². The third-order valence-corrected chi connectivity index (χ3v) is 2.00. The smallest absolute Gasteiger partial charge is 0.142 e. The van der Waals surface area contributed by atoms with Gasteiger partial charge in [-0.3, -0.25) is 4.90 Å². The van der Waals surface area contributed by atoms with Crippen molar-refractivity contribution >= 4 is 0 Å². The first-order valence-electron chi connectivity index (χ1n) is 4.92. The maximum Gasteiger partial charge on any atom is 0.142 e. The van der Waals surface area contributed by atoms with E-state index in [9.17, 15) is 0 Å². The average Bonchev–Trinajstić information content (AvgIpc) is 2.20. The van der Waals surface area contributed by atoms with Crippen molar-refractivity contribution < 1.29 is 0 Å². The Morgan fingerprint density at radius 2 is 2.07 bits per heavy atom. The molecule has 0 saturated carbocycles. The zero-order valence-corrected chi connectivity index (χ0v) is 8.90. The van der Waals surface area contributed by atoms with E-state index in [0.717, 1.165) is 31.9 Å². The van der Waals surface area contributed by atoms with Gasteiger partial charge in [-0.25, -0.2) is 9.97 Å². The van der Waals surface area contributed by atoms with Crippen molar-refractivity contribution in [3.63, 3.8) is 0 Å². The van der Waals surface area contributed by atoms with E-state index in [1.165, 1.54) is 0 Å². The van der Waals surface area contributed by atoms with Gasteiger partial charge in [0, 0.05) is 12.4 Å². The van der Waals surface area contributed by atoms with Gasteiger partial charge < -0.3 is 5.32 Å². The van der Waals surface area contributed by atoms with Crippen LogP contribution in [0.3, 0.4) is 0 Å². The van der Waals surface area contributed by atoms with Gasteiger partial charge in [0.25, 0.3) is 0 Å². The Morgan fingerprint density at radius 1 is 1.36 bits per heavy atom. The monoisotopic (exact) mass is 194 g/mol. The quantitative estimate of drug-likeness (QED) is 0.670. The molecule has 0 atom stereocenters. The number of nitrogens with zero attached hydrogens (tertiary/aromatic N) is 3. The van der Waals surface area contributed by atoms with Crippen LogP contribution in [0.25, 0.3) is 0 Å². The van der Waals surface area contributed by atoms with E-state index in [4.69, 9.17) is 0 Å². The topological polar surface area (TPSA) is 41.0 Å². The third-order valence-electron chi connectivity index (χ3n) is 2.00. The maximum absolute atomic E-state index is 4.18. The molecule has 0 spiro atoms. The lowest BCUT2D eigenvalue weighted by molar-refractivity contribution is 0.313. The van der Waals surface area contributed by atoms with Gasteiger partial charge in [0.05, 0.1) is 6.54 Å². The highest BCUT2D eigenvalue weighted by molar-refractivity contribution is 4.87. The Kier molecular flexibility index (Phi) is 5.11. The number of aromatic nitrogens is 2. The van der Waals surface area contributed by atoms with Crippen LogP contribution in [-0.4, -0.2) is 42.1 Å². The van der Waals surface area contributed by atoms with Gasteiger partial charge in [-0.15, -0.1) is 0 Å². The highest BCUT2D eigenvalue weighted by atomic mass is 15.1. The van der Waals surface area contributed by atoms with Crippen molar-refractivity contribution in [2.24, 2.45) is 0 Å². The summed E-state index contributed by atoms with van der Waals surface area (Å²) in [6.07, 6.45) is 4.72. The van der Waals surface area contributed by atoms with Crippen LogP contribution in [0.4, 0.5) is 0 Å². The van der Waals surface area contributed by atoms with Crippen molar-refractivity contribution in [1.29, 1.82) is 0 Å². The molecule has 0 radical (unpaired) electrons. The molecule has 0 aliphatic heterocycles. The second-order valence-electron chi connectivity index (χ2n) is 3.36. The highest BCUT2D eigenvalue weighted by Gasteiger charge is 2.00. The van der Waals surface area contributed by atoms with E-state index in [1.807, 2.05) is 13.1 Å². The van der Waals surface area contributed by atoms with E-state index in [0.29, 0.717) is 0 Å². The molecule has 0 aliphatic rings. The fraction of sp³-hybridized carbons (Fsp3) is 0.600. The molecule has 0 saturated heterocycles. The predicted octanol–water partition coefficient (Wildman–Crippen LogP) is 0.518. The van der Waals surface area contributed by atoms with Gasteiger partial charge in [-0.2, -0.15) is 0 Å². The summed E-state index contributed by atoms with van der Waals surface area (Å²) in [5.74, 6) is 0.888. The van der Waals surface area contributed by atoms with E-state index in [-0.39, 0.29) is 0 Å². The summed E-state index contributed by atoms with van der Waals surface area (Å²) in [7, 11) is 4.06. The van der Waals surface area contributed by atoms with Gasteiger partial charge in [-0.05, 0) is 39.7 Å². The minimum Gasteiger partial charge on any atom is -0.320 e. The molecule has 4 heteroatoms. The standard InChI is InChI=1S/C10H18N4/c1-11-5-4-8-14(2)9-10-12-6-3-7-13-10/h3,6-7,11H,4-5,8-9H2,1-2H3. The fourth-order valence-corrected chi connectivity index (χ4v) is 1.26. The summed E-state index contributed by atoms with van der Waals surface area (Å²) in [5, 5.41) is 3.13. The van der Waals surface area contributed by atoms with Gasteiger partial charge in [0.15, 0.2) is 0 Å². The van der Waals surface area contributed by atoms with Crippen LogP contribution in [0.5, 0.6) is 0 Å². The summed E-state index contributed by atoms with van der Waals surface area (Å²) in [6.45, 7) is 2.95. The lowest BCUT2D eigenvalue weighted by atomic mass is 10.4. The summed E-state index contributed by atoms with van der Waals surface area (Å²) in [5.41, 5.74) is 0. The Morgan fingerprint density at radius 3 is 2.71 bits per heavy atom. The number of nitrogens with one attached hydrogen (secondary N) is 1. The zero-order valence-electron chi connectivity index (χ0n) is 8.90. The molecule has 0 aliphatic carbocycles. The van der Waals surface area contributed by atoms with Gasteiger partial charge in [0.2, 0.25) is 0 Å². The molecule has 1 aromatic heterocycles. The van der Waals surface area contributed by atoms with Crippen molar-refractivity contribution in [2.75, 3.05) is 27.2 Å². The van der Waals surface area contributed by atoms with Crippen molar-refractivity contribution in [1.82, 2.24) is 20.2 Å². The van der Waals surface area contributed by atoms with E-state index >= 15 is 0 Å². The zero-order chi connectivity index (χ0) is 10.2. The lowest BCUT2D eigenvalue weighted by Crippen LogP contribution is -2.23. The van der Waals surface area contributed by atoms with Gasteiger partial charge >= 0.3 is 0 Å². The third kappa shape index (κ3) is 4.30. The first-order chi connectivity index (χ1) is 6.83. The molecule has 1 aromatic rings. The summed E-state index contributed by atoms with van der Waals surface area (Å²) in [4.78, 5) is 10.6. The van der Waals surface area contributed by atoms with Gasteiger partial charge in [0.1, 0.15) is 5.82 Å². The second-order valence-corrected chi connectivity index (χ2v) is 3.36. The molecule has 0 bridgehead atoms.